The van der Waals surface area contributed by atoms with E-state index in [4.69, 9.17) is 4.74 Å². The average Bonchev–Trinajstić information content (AvgIpc) is 2.66. The van der Waals surface area contributed by atoms with Gasteiger partial charge in [-0.3, -0.25) is 0 Å². The number of carbonyl (C=O) groups excluding carboxylic acids is 1. The standard InChI is InChI=1S/C23H26O3Se/c1-16(2)18-14-20(26-22(24)17-10-6-4-7-11-17)23(3,25)21(15-18)27-19-12-8-5-9-13-19/h4-13,18,20-21,25H,1,14-15H2,2-3H3/t18-,20+,21+,23+/m1/s1. The summed E-state index contributed by atoms with van der Waals surface area (Å²) in [5, 5.41) is 11.4. The van der Waals surface area contributed by atoms with Crippen LogP contribution in [-0.4, -0.2) is 37.7 Å². The number of allylic oxidation sites excluding steroid dienone is 1. The van der Waals surface area contributed by atoms with Crippen molar-refractivity contribution >= 4 is 25.4 Å². The van der Waals surface area contributed by atoms with E-state index in [-0.39, 0.29) is 31.7 Å². The van der Waals surface area contributed by atoms with E-state index >= 15 is 0 Å². The van der Waals surface area contributed by atoms with E-state index in [9.17, 15) is 9.90 Å². The molecule has 1 N–H and O–H groups in total. The second-order valence-corrected chi connectivity index (χ2v) is 10.1. The van der Waals surface area contributed by atoms with Crippen molar-refractivity contribution in [1.29, 1.82) is 0 Å². The Kier molecular flexibility index (Phi) is 6.21. The first-order valence-electron chi connectivity index (χ1n) is 9.23. The Labute approximate surface area is 167 Å². The summed E-state index contributed by atoms with van der Waals surface area (Å²) in [6, 6.07) is 19.2. The van der Waals surface area contributed by atoms with Crippen LogP contribution in [0.15, 0.2) is 72.8 Å². The molecular formula is C23H26O3Se. The molecular weight excluding hydrogens is 403 g/mol. The fourth-order valence-corrected chi connectivity index (χ4v) is 6.33. The van der Waals surface area contributed by atoms with Crippen molar-refractivity contribution in [1.82, 2.24) is 0 Å². The molecule has 2 aromatic rings. The van der Waals surface area contributed by atoms with Gasteiger partial charge in [-0.25, -0.2) is 0 Å². The van der Waals surface area contributed by atoms with Gasteiger partial charge >= 0.3 is 168 Å². The molecule has 1 saturated carbocycles. The number of hydrogen-bond donors (Lipinski definition) is 1. The van der Waals surface area contributed by atoms with E-state index in [1.807, 2.05) is 50.2 Å². The molecule has 0 spiro atoms. The summed E-state index contributed by atoms with van der Waals surface area (Å²) in [7, 11) is 0. The Balaban J connectivity index is 1.82. The first kappa shape index (κ1) is 19.9. The molecule has 4 heteroatoms. The van der Waals surface area contributed by atoms with Crippen LogP contribution in [0.2, 0.25) is 4.82 Å². The monoisotopic (exact) mass is 430 g/mol. The van der Waals surface area contributed by atoms with Crippen LogP contribution in [0.25, 0.3) is 0 Å². The second kappa shape index (κ2) is 8.43. The van der Waals surface area contributed by atoms with Crippen LogP contribution in [0.5, 0.6) is 0 Å². The number of carbonyl (C=O) groups is 1. The van der Waals surface area contributed by atoms with Gasteiger partial charge in [-0.2, -0.15) is 0 Å². The summed E-state index contributed by atoms with van der Waals surface area (Å²) >= 11 is 0.0796. The molecule has 2 aromatic carbocycles. The quantitative estimate of drug-likeness (QED) is 0.447. The third kappa shape index (κ3) is 4.70. The molecule has 3 rings (SSSR count). The summed E-state index contributed by atoms with van der Waals surface area (Å²) in [5.74, 6) is -0.136. The predicted molar refractivity (Wildman–Crippen MR) is 109 cm³/mol. The summed E-state index contributed by atoms with van der Waals surface area (Å²) in [6.45, 7) is 7.97. The average molecular weight is 429 g/mol. The van der Waals surface area contributed by atoms with Gasteiger partial charge in [0.05, 0.1) is 0 Å². The molecule has 0 amide bonds. The van der Waals surface area contributed by atoms with Gasteiger partial charge in [0.25, 0.3) is 0 Å². The molecule has 1 fully saturated rings. The van der Waals surface area contributed by atoms with Gasteiger partial charge in [0.1, 0.15) is 0 Å². The molecule has 142 valence electrons. The normalized spacial score (nSPS) is 27.7. The van der Waals surface area contributed by atoms with Crippen LogP contribution < -0.4 is 4.46 Å². The summed E-state index contributed by atoms with van der Waals surface area (Å²) in [5.41, 5.74) is 0.530. The van der Waals surface area contributed by atoms with Crippen molar-refractivity contribution in [3.8, 4) is 0 Å². The molecule has 4 atom stereocenters. The summed E-state index contributed by atoms with van der Waals surface area (Å²) < 4.78 is 7.06. The zero-order valence-corrected chi connectivity index (χ0v) is 17.5. The Bertz CT molecular complexity index is 786. The van der Waals surface area contributed by atoms with Gasteiger partial charge in [-0.1, -0.05) is 0 Å². The number of rotatable bonds is 5. The number of benzene rings is 2. The van der Waals surface area contributed by atoms with Crippen molar-refractivity contribution in [3.05, 3.63) is 78.4 Å². The molecule has 0 aromatic heterocycles. The number of esters is 1. The molecule has 0 heterocycles. The van der Waals surface area contributed by atoms with E-state index in [1.165, 1.54) is 4.46 Å². The molecule has 0 saturated heterocycles. The number of ether oxygens (including phenoxy) is 1. The Morgan fingerprint density at radius 2 is 1.70 bits per heavy atom. The van der Waals surface area contributed by atoms with Crippen molar-refractivity contribution in [3.63, 3.8) is 0 Å². The van der Waals surface area contributed by atoms with Crippen LogP contribution in [0.1, 0.15) is 37.0 Å². The van der Waals surface area contributed by atoms with Gasteiger partial charge in [-0.15, -0.1) is 0 Å². The van der Waals surface area contributed by atoms with E-state index in [0.717, 1.165) is 12.0 Å². The molecule has 0 aliphatic heterocycles. The van der Waals surface area contributed by atoms with Crippen LogP contribution in [0.3, 0.4) is 0 Å². The first-order valence-corrected chi connectivity index (χ1v) is 11.1. The van der Waals surface area contributed by atoms with Crippen molar-refractivity contribution in [2.75, 3.05) is 0 Å². The van der Waals surface area contributed by atoms with Crippen LogP contribution in [0.4, 0.5) is 0 Å². The van der Waals surface area contributed by atoms with E-state index in [1.54, 1.807) is 12.1 Å². The maximum absolute atomic E-state index is 12.6. The maximum atomic E-state index is 12.6. The SMILES string of the molecule is C=C(C)[C@@H]1C[C@H](OC(=O)c2ccccc2)[C@](C)(O)[C@@H]([Se]c2ccccc2)C1. The van der Waals surface area contributed by atoms with E-state index in [2.05, 4.69) is 18.7 Å². The van der Waals surface area contributed by atoms with Crippen molar-refractivity contribution < 1.29 is 14.6 Å². The molecule has 0 radical (unpaired) electrons. The van der Waals surface area contributed by atoms with Crippen LogP contribution >= 0.6 is 0 Å². The van der Waals surface area contributed by atoms with Gasteiger partial charge in [0.15, 0.2) is 0 Å². The molecule has 0 unspecified atom stereocenters. The first-order chi connectivity index (χ1) is 12.9. The minimum atomic E-state index is -1.06. The van der Waals surface area contributed by atoms with Crippen LogP contribution in [-0.2, 0) is 4.74 Å². The predicted octanol–water partition coefficient (Wildman–Crippen LogP) is 3.77. The fraction of sp³-hybridized carbons (Fsp3) is 0.348. The summed E-state index contributed by atoms with van der Waals surface area (Å²) in [4.78, 5) is 12.6. The third-order valence-corrected chi connectivity index (χ3v) is 8.42. The minimum absolute atomic E-state index is 0.0522. The zero-order chi connectivity index (χ0) is 19.4. The molecule has 0 bridgehead atoms. The number of aliphatic hydroxyl groups is 1. The number of hydrogen-bond acceptors (Lipinski definition) is 3. The van der Waals surface area contributed by atoms with Crippen molar-refractivity contribution in [2.45, 2.75) is 43.2 Å². The zero-order valence-electron chi connectivity index (χ0n) is 15.8. The summed E-state index contributed by atoms with van der Waals surface area (Å²) in [6.07, 6.45) is 0.940. The van der Waals surface area contributed by atoms with E-state index < -0.39 is 11.7 Å². The molecule has 27 heavy (non-hydrogen) atoms. The molecule has 1 aliphatic rings. The van der Waals surface area contributed by atoms with Gasteiger partial charge in [0.2, 0.25) is 0 Å². The van der Waals surface area contributed by atoms with E-state index in [0.29, 0.717) is 12.0 Å². The van der Waals surface area contributed by atoms with Gasteiger partial charge < -0.3 is 0 Å². The Morgan fingerprint density at radius 1 is 1.11 bits per heavy atom. The topological polar surface area (TPSA) is 46.5 Å². The van der Waals surface area contributed by atoms with Gasteiger partial charge in [0, 0.05) is 0 Å². The van der Waals surface area contributed by atoms with Crippen LogP contribution in [0, 0.1) is 5.92 Å². The van der Waals surface area contributed by atoms with Crippen molar-refractivity contribution in [2.24, 2.45) is 5.92 Å². The Hall–Kier alpha value is -1.87. The second-order valence-electron chi connectivity index (χ2n) is 7.42. The third-order valence-electron chi connectivity index (χ3n) is 5.28. The molecule has 1 aliphatic carbocycles. The van der Waals surface area contributed by atoms with Gasteiger partial charge in [-0.05, 0) is 0 Å². The fourth-order valence-electron chi connectivity index (χ4n) is 3.47. The Morgan fingerprint density at radius 3 is 2.30 bits per heavy atom. The molecule has 3 nitrogen and oxygen atoms in total.